The number of carbonyl (C=O) groups excluding carboxylic acids is 1. The van der Waals surface area contributed by atoms with Gasteiger partial charge in [-0.25, -0.2) is 4.79 Å². The van der Waals surface area contributed by atoms with Gasteiger partial charge < -0.3 is 4.74 Å². The topological polar surface area (TPSA) is 26.3 Å². The molecule has 94 valence electrons. The van der Waals surface area contributed by atoms with E-state index in [1.54, 1.807) is 0 Å². The Labute approximate surface area is 108 Å². The van der Waals surface area contributed by atoms with Crippen molar-refractivity contribution in [2.24, 2.45) is 5.92 Å². The molecule has 0 saturated carbocycles. The molecule has 2 atom stereocenters. The molecule has 2 heteroatoms. The fraction of sp³-hybridized carbons (Fsp3) is 0.312. The van der Waals surface area contributed by atoms with Gasteiger partial charge in [-0.3, -0.25) is 0 Å². The quantitative estimate of drug-likeness (QED) is 0.586. The Hall–Kier alpha value is -1.83. The smallest absolute Gasteiger partial charge is 0.333 e. The van der Waals surface area contributed by atoms with E-state index in [1.807, 2.05) is 24.3 Å². The SMILES string of the molecule is COC(=O)C1=C[C@@H](c2ccccc2)[C@H](C)C=CC1. The maximum absolute atomic E-state index is 11.7. The summed E-state index contributed by atoms with van der Waals surface area (Å²) in [6.07, 6.45) is 6.92. The van der Waals surface area contributed by atoms with E-state index >= 15 is 0 Å². The summed E-state index contributed by atoms with van der Waals surface area (Å²) < 4.78 is 4.82. The summed E-state index contributed by atoms with van der Waals surface area (Å²) in [4.78, 5) is 11.7. The second-order valence-corrected chi connectivity index (χ2v) is 4.61. The van der Waals surface area contributed by atoms with Gasteiger partial charge in [0.25, 0.3) is 0 Å². The van der Waals surface area contributed by atoms with Gasteiger partial charge in [0, 0.05) is 11.5 Å². The molecule has 0 fully saturated rings. The minimum atomic E-state index is -0.227. The molecule has 0 heterocycles. The van der Waals surface area contributed by atoms with Crippen molar-refractivity contribution in [3.8, 4) is 0 Å². The highest BCUT2D eigenvalue weighted by molar-refractivity contribution is 5.89. The first-order chi connectivity index (χ1) is 8.72. The van der Waals surface area contributed by atoms with Crippen LogP contribution in [0.1, 0.15) is 24.8 Å². The lowest BCUT2D eigenvalue weighted by Gasteiger charge is -2.18. The van der Waals surface area contributed by atoms with Crippen molar-refractivity contribution in [2.45, 2.75) is 19.3 Å². The van der Waals surface area contributed by atoms with Gasteiger partial charge in [0.2, 0.25) is 0 Å². The molecule has 2 rings (SSSR count). The van der Waals surface area contributed by atoms with Crippen molar-refractivity contribution < 1.29 is 9.53 Å². The van der Waals surface area contributed by atoms with Gasteiger partial charge >= 0.3 is 5.97 Å². The van der Waals surface area contributed by atoms with Crippen molar-refractivity contribution in [1.82, 2.24) is 0 Å². The summed E-state index contributed by atoms with van der Waals surface area (Å²) in [5.74, 6) is 0.392. The Morgan fingerprint density at radius 3 is 2.67 bits per heavy atom. The van der Waals surface area contributed by atoms with Crippen LogP contribution in [0.25, 0.3) is 0 Å². The van der Waals surface area contributed by atoms with E-state index in [9.17, 15) is 4.79 Å². The summed E-state index contributed by atoms with van der Waals surface area (Å²) in [7, 11) is 1.43. The van der Waals surface area contributed by atoms with Gasteiger partial charge in [-0.2, -0.15) is 0 Å². The zero-order chi connectivity index (χ0) is 13.0. The normalized spacial score (nSPS) is 23.1. The molecule has 0 aliphatic heterocycles. The first-order valence-corrected chi connectivity index (χ1v) is 6.23. The Morgan fingerprint density at radius 2 is 2.00 bits per heavy atom. The summed E-state index contributed by atoms with van der Waals surface area (Å²) in [5, 5.41) is 0. The molecule has 2 nitrogen and oxygen atoms in total. The molecule has 0 amide bonds. The number of carbonyl (C=O) groups is 1. The Kier molecular flexibility index (Phi) is 3.98. The monoisotopic (exact) mass is 242 g/mol. The van der Waals surface area contributed by atoms with Crippen molar-refractivity contribution in [1.29, 1.82) is 0 Å². The molecule has 0 unspecified atom stereocenters. The largest absolute Gasteiger partial charge is 0.466 e. The second kappa shape index (κ2) is 5.67. The second-order valence-electron chi connectivity index (χ2n) is 4.61. The molecular formula is C16H18O2. The van der Waals surface area contributed by atoms with E-state index in [0.717, 1.165) is 5.57 Å². The lowest BCUT2D eigenvalue weighted by atomic mass is 9.87. The van der Waals surface area contributed by atoms with Crippen molar-refractivity contribution in [3.05, 3.63) is 59.7 Å². The highest BCUT2D eigenvalue weighted by Crippen LogP contribution is 2.31. The molecule has 0 spiro atoms. The van der Waals surface area contributed by atoms with Crippen LogP contribution in [-0.2, 0) is 9.53 Å². The number of allylic oxidation sites excluding steroid dienone is 3. The molecule has 1 aromatic rings. The molecular weight excluding hydrogens is 224 g/mol. The number of hydrogen-bond acceptors (Lipinski definition) is 2. The predicted molar refractivity (Wildman–Crippen MR) is 72.2 cm³/mol. The third-order valence-electron chi connectivity index (χ3n) is 3.36. The van der Waals surface area contributed by atoms with Gasteiger partial charge in [-0.05, 0) is 17.9 Å². The molecule has 1 aliphatic rings. The van der Waals surface area contributed by atoms with Crippen LogP contribution < -0.4 is 0 Å². The first-order valence-electron chi connectivity index (χ1n) is 6.23. The number of ether oxygens (including phenoxy) is 1. The first kappa shape index (κ1) is 12.6. The van der Waals surface area contributed by atoms with Crippen LogP contribution >= 0.6 is 0 Å². The number of rotatable bonds is 2. The van der Waals surface area contributed by atoms with Crippen LogP contribution in [-0.4, -0.2) is 13.1 Å². The average molecular weight is 242 g/mol. The third kappa shape index (κ3) is 2.70. The number of esters is 1. The molecule has 1 aliphatic carbocycles. The van der Waals surface area contributed by atoms with Crippen molar-refractivity contribution >= 4 is 5.97 Å². The zero-order valence-electron chi connectivity index (χ0n) is 10.8. The molecule has 0 saturated heterocycles. The number of benzene rings is 1. The maximum Gasteiger partial charge on any atom is 0.333 e. The molecule has 1 aromatic carbocycles. The zero-order valence-corrected chi connectivity index (χ0v) is 10.8. The Balaban J connectivity index is 2.36. The number of hydrogen-bond donors (Lipinski definition) is 0. The summed E-state index contributed by atoms with van der Waals surface area (Å²) in [6.45, 7) is 2.17. The van der Waals surface area contributed by atoms with Gasteiger partial charge in [0.05, 0.1) is 7.11 Å². The van der Waals surface area contributed by atoms with Crippen LogP contribution in [0.5, 0.6) is 0 Å². The highest BCUT2D eigenvalue weighted by Gasteiger charge is 2.20. The van der Waals surface area contributed by atoms with E-state index in [4.69, 9.17) is 4.74 Å². The maximum atomic E-state index is 11.7. The van der Waals surface area contributed by atoms with Gasteiger partial charge in [0.15, 0.2) is 0 Å². The minimum Gasteiger partial charge on any atom is -0.466 e. The van der Waals surface area contributed by atoms with E-state index in [2.05, 4.69) is 31.2 Å². The predicted octanol–water partition coefficient (Wildman–Crippen LogP) is 3.47. The third-order valence-corrected chi connectivity index (χ3v) is 3.36. The van der Waals surface area contributed by atoms with Crippen LogP contribution in [0.2, 0.25) is 0 Å². The van der Waals surface area contributed by atoms with Gasteiger partial charge in [-0.15, -0.1) is 0 Å². The lowest BCUT2D eigenvalue weighted by molar-refractivity contribution is -0.136. The molecule has 0 radical (unpaired) electrons. The van der Waals surface area contributed by atoms with Crippen LogP contribution in [0.4, 0.5) is 0 Å². The van der Waals surface area contributed by atoms with Gasteiger partial charge in [0.1, 0.15) is 0 Å². The Morgan fingerprint density at radius 1 is 1.28 bits per heavy atom. The van der Waals surface area contributed by atoms with Crippen LogP contribution in [0.15, 0.2) is 54.1 Å². The standard InChI is InChI=1S/C16H18O2/c1-12-7-6-10-14(16(17)18-2)11-15(12)13-8-4-3-5-9-13/h3-9,11-12,15H,10H2,1-2H3/t12-,15-/m1/s1. The molecule has 0 bridgehead atoms. The van der Waals surface area contributed by atoms with Crippen molar-refractivity contribution in [2.75, 3.05) is 7.11 Å². The minimum absolute atomic E-state index is 0.227. The van der Waals surface area contributed by atoms with E-state index < -0.39 is 0 Å². The number of methoxy groups -OCH3 is 1. The lowest BCUT2D eigenvalue weighted by Crippen LogP contribution is -2.08. The van der Waals surface area contributed by atoms with Crippen LogP contribution in [0, 0.1) is 5.92 Å². The Bertz CT molecular complexity index is 471. The van der Waals surface area contributed by atoms with Crippen LogP contribution in [0.3, 0.4) is 0 Å². The highest BCUT2D eigenvalue weighted by atomic mass is 16.5. The van der Waals surface area contributed by atoms with E-state index in [1.165, 1.54) is 12.7 Å². The molecule has 0 N–H and O–H groups in total. The molecule has 18 heavy (non-hydrogen) atoms. The van der Waals surface area contributed by atoms with Crippen molar-refractivity contribution in [3.63, 3.8) is 0 Å². The fourth-order valence-corrected chi connectivity index (χ4v) is 2.32. The van der Waals surface area contributed by atoms with E-state index in [-0.39, 0.29) is 11.9 Å². The summed E-state index contributed by atoms with van der Waals surface area (Å²) in [5.41, 5.74) is 1.98. The summed E-state index contributed by atoms with van der Waals surface area (Å²) in [6, 6.07) is 10.3. The summed E-state index contributed by atoms with van der Waals surface area (Å²) >= 11 is 0. The van der Waals surface area contributed by atoms with E-state index in [0.29, 0.717) is 12.3 Å². The van der Waals surface area contributed by atoms with Gasteiger partial charge in [-0.1, -0.05) is 55.5 Å². The molecule has 0 aromatic heterocycles. The fourth-order valence-electron chi connectivity index (χ4n) is 2.32. The average Bonchev–Trinajstić information content (AvgIpc) is 2.61.